The lowest BCUT2D eigenvalue weighted by Gasteiger charge is -2.25. The van der Waals surface area contributed by atoms with Gasteiger partial charge in [0.05, 0.1) is 5.69 Å². The Kier molecular flexibility index (Phi) is 16.0. The maximum Gasteiger partial charge on any atom is 0.407 e. The predicted octanol–water partition coefficient (Wildman–Crippen LogP) is 2.60. The summed E-state index contributed by atoms with van der Waals surface area (Å²) in [5.74, 6) is 1.38. The molecule has 1 aromatic rings. The number of carbonyl (C=O) groups is 4. The number of carboxylic acids is 1. The molecule has 5 N–H and O–H groups in total. The van der Waals surface area contributed by atoms with E-state index in [0.717, 1.165) is 18.4 Å². The van der Waals surface area contributed by atoms with Gasteiger partial charge in [-0.2, -0.15) is 9.59 Å². The summed E-state index contributed by atoms with van der Waals surface area (Å²) in [5, 5.41) is 26.6. The Balaban J connectivity index is 0.00000458. The first kappa shape index (κ1) is 34.6. The van der Waals surface area contributed by atoms with Gasteiger partial charge in [-0.3, -0.25) is 9.59 Å². The molecule has 0 spiro atoms. The number of aromatic hydroxyl groups is 1. The van der Waals surface area contributed by atoms with E-state index in [4.69, 9.17) is 19.4 Å². The van der Waals surface area contributed by atoms with Gasteiger partial charge in [-0.15, -0.1) is 0 Å². The van der Waals surface area contributed by atoms with Gasteiger partial charge >= 0.3 is 18.2 Å². The Morgan fingerprint density at radius 3 is 2.31 bits per heavy atom. The van der Waals surface area contributed by atoms with E-state index in [1.165, 1.54) is 6.07 Å². The van der Waals surface area contributed by atoms with Crippen molar-refractivity contribution in [2.24, 2.45) is 5.92 Å². The fraction of sp³-hybridized carbons (Fsp3) is 0.519. The summed E-state index contributed by atoms with van der Waals surface area (Å²) in [7, 11) is 0. The molecule has 1 aromatic carbocycles. The van der Waals surface area contributed by atoms with Gasteiger partial charge in [-0.1, -0.05) is 26.3 Å². The maximum absolute atomic E-state index is 12.3. The third kappa shape index (κ3) is 17.7. The number of nitrogens with one attached hydrogen (secondary N) is 3. The molecule has 39 heavy (non-hydrogen) atoms. The van der Waals surface area contributed by atoms with E-state index >= 15 is 0 Å². The van der Waals surface area contributed by atoms with Crippen molar-refractivity contribution < 1.29 is 43.7 Å². The van der Waals surface area contributed by atoms with Gasteiger partial charge < -0.3 is 30.9 Å². The second kappa shape index (κ2) is 18.0. The number of alkyl carbamates (subject to hydrolysis) is 1. The van der Waals surface area contributed by atoms with E-state index in [2.05, 4.69) is 29.8 Å². The number of ether oxygens (including phenoxy) is 1. The van der Waals surface area contributed by atoms with Crippen molar-refractivity contribution in [3.05, 3.63) is 23.8 Å². The SMILES string of the molecule is CCC(C)C[C@H](Cc1ccc(O)c(NC(=O)CCCNC(=O)C#CC(=O)O)c1)NC(=O)OC(C)(C)C.O=C=O. The molecular formula is C27H37N3O9. The summed E-state index contributed by atoms with van der Waals surface area (Å²) in [4.78, 5) is 62.6. The summed E-state index contributed by atoms with van der Waals surface area (Å²) in [6.45, 7) is 9.72. The number of aliphatic carboxylic acids is 1. The van der Waals surface area contributed by atoms with Crippen LogP contribution in [-0.4, -0.2) is 58.4 Å². The highest BCUT2D eigenvalue weighted by molar-refractivity contribution is 6.00. The van der Waals surface area contributed by atoms with Gasteiger partial charge in [-0.05, 0) is 63.6 Å². The molecular weight excluding hydrogens is 510 g/mol. The zero-order valence-electron chi connectivity index (χ0n) is 22.9. The number of amides is 3. The largest absolute Gasteiger partial charge is 0.506 e. The van der Waals surface area contributed by atoms with Crippen LogP contribution in [0.15, 0.2) is 18.2 Å². The lowest BCUT2D eigenvalue weighted by Crippen LogP contribution is -2.41. The summed E-state index contributed by atoms with van der Waals surface area (Å²) >= 11 is 0. The van der Waals surface area contributed by atoms with Crippen LogP contribution in [0.25, 0.3) is 0 Å². The van der Waals surface area contributed by atoms with Crippen LogP contribution in [-0.2, 0) is 35.1 Å². The third-order valence-corrected chi connectivity index (χ3v) is 5.07. The molecule has 214 valence electrons. The van der Waals surface area contributed by atoms with Crippen LogP contribution < -0.4 is 16.0 Å². The maximum atomic E-state index is 12.3. The minimum absolute atomic E-state index is 0.0626. The summed E-state index contributed by atoms with van der Waals surface area (Å²) in [6, 6.07) is 4.69. The van der Waals surface area contributed by atoms with Crippen LogP contribution in [0, 0.1) is 17.8 Å². The number of hydrogen-bond acceptors (Lipinski definition) is 8. The van der Waals surface area contributed by atoms with Crippen LogP contribution in [0.5, 0.6) is 5.75 Å². The normalized spacial score (nSPS) is 11.6. The van der Waals surface area contributed by atoms with Crippen molar-refractivity contribution in [1.82, 2.24) is 10.6 Å². The van der Waals surface area contributed by atoms with E-state index in [1.807, 2.05) is 5.92 Å². The second-order valence-electron chi connectivity index (χ2n) is 9.69. The quantitative estimate of drug-likeness (QED) is 0.158. The highest BCUT2D eigenvalue weighted by Crippen LogP contribution is 2.26. The Labute approximate surface area is 227 Å². The highest BCUT2D eigenvalue weighted by Gasteiger charge is 2.21. The average Bonchev–Trinajstić information content (AvgIpc) is 2.81. The van der Waals surface area contributed by atoms with Crippen molar-refractivity contribution >= 4 is 35.7 Å². The van der Waals surface area contributed by atoms with Crippen LogP contribution in [0.2, 0.25) is 0 Å². The Morgan fingerprint density at radius 2 is 1.74 bits per heavy atom. The van der Waals surface area contributed by atoms with E-state index in [0.29, 0.717) is 18.8 Å². The van der Waals surface area contributed by atoms with Gasteiger partial charge in [0.15, 0.2) is 0 Å². The summed E-state index contributed by atoms with van der Waals surface area (Å²) < 4.78 is 5.40. The van der Waals surface area contributed by atoms with Crippen LogP contribution in [0.4, 0.5) is 10.5 Å². The number of phenolic OH excluding ortho intramolecular Hbond substituents is 1. The molecule has 0 bridgehead atoms. The minimum Gasteiger partial charge on any atom is -0.506 e. The third-order valence-electron chi connectivity index (χ3n) is 5.07. The van der Waals surface area contributed by atoms with Gasteiger partial charge in [0.1, 0.15) is 11.4 Å². The van der Waals surface area contributed by atoms with E-state index in [1.54, 1.807) is 38.8 Å². The monoisotopic (exact) mass is 547 g/mol. The molecule has 1 rings (SSSR count). The molecule has 0 saturated heterocycles. The summed E-state index contributed by atoms with van der Waals surface area (Å²) in [6.07, 6.45) is 2.29. The zero-order chi connectivity index (χ0) is 30.0. The van der Waals surface area contributed by atoms with Crippen molar-refractivity contribution in [3.63, 3.8) is 0 Å². The molecule has 3 amide bonds. The standard InChI is InChI=1S/C26H37N3O7.CO2/c1-6-17(2)14-19(28-25(35)36-26(3,4)5)15-18-9-10-21(30)20(16-18)29-23(32)8-7-13-27-22(31)11-12-24(33)34;2-1-3/h9-10,16-17,19,30H,6-8,13-15H2,1-5H3,(H,27,31)(H,28,35)(H,29,32)(H,33,34);/t17?,19-;/m1./s1. The van der Waals surface area contributed by atoms with E-state index in [-0.39, 0.29) is 42.5 Å². The molecule has 1 unspecified atom stereocenters. The van der Waals surface area contributed by atoms with E-state index in [9.17, 15) is 24.3 Å². The molecule has 0 fully saturated rings. The van der Waals surface area contributed by atoms with Gasteiger partial charge in [0.2, 0.25) is 5.91 Å². The number of phenols is 1. The van der Waals surface area contributed by atoms with Crippen molar-refractivity contribution in [2.75, 3.05) is 11.9 Å². The molecule has 12 nitrogen and oxygen atoms in total. The topological polar surface area (TPSA) is 188 Å². The average molecular weight is 548 g/mol. The Morgan fingerprint density at radius 1 is 1.10 bits per heavy atom. The number of carboxylic acid groups (broad SMARTS) is 1. The Hall–Kier alpha value is -4.36. The molecule has 0 heterocycles. The molecule has 0 saturated carbocycles. The van der Waals surface area contributed by atoms with Gasteiger partial charge in [-0.25, -0.2) is 9.59 Å². The molecule has 0 radical (unpaired) electrons. The second-order valence-corrected chi connectivity index (χ2v) is 9.69. The van der Waals surface area contributed by atoms with Crippen LogP contribution in [0.3, 0.4) is 0 Å². The van der Waals surface area contributed by atoms with Crippen molar-refractivity contribution in [3.8, 4) is 17.6 Å². The number of hydrogen-bond donors (Lipinski definition) is 5. The van der Waals surface area contributed by atoms with Crippen molar-refractivity contribution in [1.29, 1.82) is 0 Å². The smallest absolute Gasteiger partial charge is 0.407 e. The predicted molar refractivity (Wildman–Crippen MR) is 140 cm³/mol. The number of carbonyl (C=O) groups excluding carboxylic acids is 5. The minimum atomic E-state index is -1.40. The number of rotatable bonds is 11. The molecule has 0 aromatic heterocycles. The molecule has 12 heteroatoms. The number of benzene rings is 1. The zero-order valence-corrected chi connectivity index (χ0v) is 22.9. The Bertz CT molecular complexity index is 1080. The number of anilines is 1. The molecule has 0 aliphatic rings. The molecule has 0 aliphatic heterocycles. The molecule has 0 aliphatic carbocycles. The first-order chi connectivity index (χ1) is 18.2. The van der Waals surface area contributed by atoms with Crippen LogP contribution >= 0.6 is 0 Å². The van der Waals surface area contributed by atoms with Gasteiger partial charge in [0.25, 0.3) is 5.91 Å². The van der Waals surface area contributed by atoms with E-state index < -0.39 is 23.6 Å². The lowest BCUT2D eigenvalue weighted by atomic mass is 9.94. The highest BCUT2D eigenvalue weighted by atomic mass is 16.6. The first-order valence-electron chi connectivity index (χ1n) is 12.3. The van der Waals surface area contributed by atoms with Crippen LogP contribution in [0.1, 0.15) is 65.9 Å². The lowest BCUT2D eigenvalue weighted by molar-refractivity contribution is -0.191. The summed E-state index contributed by atoms with van der Waals surface area (Å²) in [5.41, 5.74) is 0.445. The molecule has 2 atom stereocenters. The fourth-order valence-electron chi connectivity index (χ4n) is 3.23. The van der Waals surface area contributed by atoms with Crippen molar-refractivity contribution in [2.45, 2.75) is 78.4 Å². The first-order valence-corrected chi connectivity index (χ1v) is 12.3. The fourth-order valence-corrected chi connectivity index (χ4v) is 3.23. The van der Waals surface area contributed by atoms with Gasteiger partial charge in [0, 0.05) is 30.8 Å².